The van der Waals surface area contributed by atoms with Gasteiger partial charge in [0.15, 0.2) is 6.35 Å². The monoisotopic (exact) mass is 471 g/mol. The topological polar surface area (TPSA) is 84.0 Å². The molecule has 6 rings (SSSR count). The zero-order chi connectivity index (χ0) is 24.3. The minimum Gasteiger partial charge on any atom is -0.365 e. The van der Waals surface area contributed by atoms with E-state index >= 15 is 0 Å². The van der Waals surface area contributed by atoms with Crippen LogP contribution in [0.4, 0.5) is 0 Å². The Hall–Kier alpha value is -3.07. The van der Waals surface area contributed by atoms with Crippen LogP contribution in [-0.4, -0.2) is 54.0 Å². The highest BCUT2D eigenvalue weighted by Crippen LogP contribution is 2.44. The molecule has 8 nitrogen and oxygen atoms in total. The summed E-state index contributed by atoms with van der Waals surface area (Å²) < 4.78 is 4.08. The smallest absolute Gasteiger partial charge is 0.163 e. The van der Waals surface area contributed by atoms with E-state index in [1.54, 1.807) is 0 Å². The zero-order valence-electron chi connectivity index (χ0n) is 20.9. The van der Waals surface area contributed by atoms with Gasteiger partial charge in [-0.3, -0.25) is 24.6 Å². The van der Waals surface area contributed by atoms with E-state index < -0.39 is 6.35 Å². The molecule has 0 saturated carbocycles. The molecule has 1 fully saturated rings. The number of nitrogens with zero attached hydrogens (tertiary/aromatic N) is 6. The number of hydrogen-bond donors (Lipinski definition) is 2. The molecule has 1 saturated heterocycles. The van der Waals surface area contributed by atoms with Crippen LogP contribution in [0.5, 0.6) is 0 Å². The predicted molar refractivity (Wildman–Crippen MR) is 136 cm³/mol. The van der Waals surface area contributed by atoms with Gasteiger partial charge in [-0.1, -0.05) is 18.2 Å². The lowest BCUT2D eigenvalue weighted by molar-refractivity contribution is -0.0189. The van der Waals surface area contributed by atoms with Crippen LogP contribution in [0.3, 0.4) is 0 Å². The van der Waals surface area contributed by atoms with Crippen LogP contribution in [0.2, 0.25) is 0 Å². The van der Waals surface area contributed by atoms with Crippen molar-refractivity contribution in [3.8, 4) is 11.3 Å². The second-order valence-corrected chi connectivity index (χ2v) is 10.3. The third kappa shape index (κ3) is 3.67. The number of rotatable bonds is 5. The van der Waals surface area contributed by atoms with Gasteiger partial charge in [-0.05, 0) is 57.4 Å². The Bertz CT molecular complexity index is 1410. The summed E-state index contributed by atoms with van der Waals surface area (Å²) in [7, 11) is 1.97. The number of likely N-dealkylation sites (tertiary alicyclic amines) is 1. The Kier molecular flexibility index (Phi) is 5.28. The molecule has 3 aromatic heterocycles. The van der Waals surface area contributed by atoms with E-state index in [0.29, 0.717) is 0 Å². The van der Waals surface area contributed by atoms with Crippen LogP contribution < -0.4 is 5.32 Å². The van der Waals surface area contributed by atoms with Gasteiger partial charge in [0.25, 0.3) is 0 Å². The van der Waals surface area contributed by atoms with Gasteiger partial charge in [-0.25, -0.2) is 0 Å². The Labute approximate surface area is 205 Å². The fraction of sp³-hybridized carbons (Fsp3) is 0.444. The van der Waals surface area contributed by atoms with Gasteiger partial charge in [-0.2, -0.15) is 10.2 Å². The number of nitrogens with one attached hydrogen (secondary N) is 1. The lowest BCUT2D eigenvalue weighted by Gasteiger charge is -2.29. The third-order valence-corrected chi connectivity index (χ3v) is 8.13. The summed E-state index contributed by atoms with van der Waals surface area (Å²) in [5.41, 5.74) is 7.65. The summed E-state index contributed by atoms with van der Waals surface area (Å²) in [5.74, 6) is 0. The normalized spacial score (nSPS) is 21.7. The SMILES string of the molecule is Cc1nn(C)c(C(C)NC(O)N2CCC3(CCn4nc(-c5cnc6ccccc6c5)cc43)C2)c1C. The molecule has 5 heterocycles. The molecular formula is C27H33N7O. The fourth-order valence-corrected chi connectivity index (χ4v) is 6.14. The number of benzene rings is 1. The summed E-state index contributed by atoms with van der Waals surface area (Å²) in [6.07, 6.45) is 3.29. The molecule has 3 unspecified atom stereocenters. The van der Waals surface area contributed by atoms with Crippen molar-refractivity contribution in [2.75, 3.05) is 13.1 Å². The van der Waals surface area contributed by atoms with E-state index in [9.17, 15) is 5.11 Å². The third-order valence-electron chi connectivity index (χ3n) is 8.13. The first-order valence-electron chi connectivity index (χ1n) is 12.5. The summed E-state index contributed by atoms with van der Waals surface area (Å²) in [4.78, 5) is 6.79. The summed E-state index contributed by atoms with van der Waals surface area (Å²) in [6.45, 7) is 8.79. The number of aromatic nitrogens is 5. The van der Waals surface area contributed by atoms with Crippen LogP contribution in [0, 0.1) is 13.8 Å². The average Bonchev–Trinajstić information content (AvgIpc) is 3.59. The molecule has 182 valence electrons. The van der Waals surface area contributed by atoms with Crippen molar-refractivity contribution in [2.24, 2.45) is 7.05 Å². The molecule has 0 bridgehead atoms. The number of aryl methyl sites for hydroxylation is 3. The highest BCUT2D eigenvalue weighted by Gasteiger charge is 2.47. The second kappa shape index (κ2) is 8.26. The molecule has 1 aromatic carbocycles. The molecule has 0 radical (unpaired) electrons. The van der Waals surface area contributed by atoms with E-state index in [4.69, 9.17) is 5.10 Å². The number of fused-ring (bicyclic) bond motifs is 3. The summed E-state index contributed by atoms with van der Waals surface area (Å²) >= 11 is 0. The second-order valence-electron chi connectivity index (χ2n) is 10.3. The van der Waals surface area contributed by atoms with Crippen LogP contribution in [-0.2, 0) is 19.0 Å². The molecule has 0 aliphatic carbocycles. The van der Waals surface area contributed by atoms with Gasteiger partial charge in [-0.15, -0.1) is 0 Å². The lowest BCUT2D eigenvalue weighted by Crippen LogP contribution is -2.46. The molecule has 2 aliphatic heterocycles. The molecule has 2 aliphatic rings. The van der Waals surface area contributed by atoms with Crippen LogP contribution in [0.15, 0.2) is 42.6 Å². The maximum atomic E-state index is 11.1. The van der Waals surface area contributed by atoms with Gasteiger partial charge in [0.05, 0.1) is 22.6 Å². The summed E-state index contributed by atoms with van der Waals surface area (Å²) in [6, 6.07) is 12.6. The molecular weight excluding hydrogens is 438 g/mol. The Morgan fingerprint density at radius 2 is 1.89 bits per heavy atom. The Balaban J connectivity index is 1.20. The van der Waals surface area contributed by atoms with Crippen LogP contribution in [0.1, 0.15) is 48.5 Å². The van der Waals surface area contributed by atoms with Crippen molar-refractivity contribution >= 4 is 10.9 Å². The number of pyridine rings is 1. The lowest BCUT2D eigenvalue weighted by atomic mass is 9.82. The Morgan fingerprint density at radius 1 is 1.09 bits per heavy atom. The number of para-hydroxylation sites is 1. The van der Waals surface area contributed by atoms with Crippen LogP contribution in [0.25, 0.3) is 22.2 Å². The van der Waals surface area contributed by atoms with Gasteiger partial charge in [0.1, 0.15) is 0 Å². The standard InChI is InChI=1S/C27H33N7O/c1-17-18(2)30-32(4)25(17)19(3)29-26(35)33-11-9-27(16-33)10-12-34-24(27)14-23(31-34)21-13-20-7-5-6-8-22(20)28-15-21/h5-8,13-15,19,26,29,35H,9-12,16H2,1-4H3. The average molecular weight is 472 g/mol. The maximum absolute atomic E-state index is 11.1. The summed E-state index contributed by atoms with van der Waals surface area (Å²) in [5, 5.41) is 25.1. The molecule has 8 heteroatoms. The van der Waals surface area contributed by atoms with Gasteiger partial charge >= 0.3 is 0 Å². The van der Waals surface area contributed by atoms with Crippen LogP contribution >= 0.6 is 0 Å². The van der Waals surface area contributed by atoms with E-state index in [1.165, 1.54) is 11.3 Å². The quantitative estimate of drug-likeness (QED) is 0.434. The van der Waals surface area contributed by atoms with Crippen molar-refractivity contribution < 1.29 is 5.11 Å². The molecule has 4 aromatic rings. The molecule has 0 amide bonds. The van der Waals surface area contributed by atoms with Crippen molar-refractivity contribution in [2.45, 2.75) is 58.0 Å². The molecule has 2 N–H and O–H groups in total. The highest BCUT2D eigenvalue weighted by molar-refractivity contribution is 5.82. The highest BCUT2D eigenvalue weighted by atomic mass is 16.3. The van der Waals surface area contributed by atoms with Crippen molar-refractivity contribution in [3.63, 3.8) is 0 Å². The number of hydrogen-bond acceptors (Lipinski definition) is 6. The number of aliphatic hydroxyl groups excluding tert-OH is 1. The van der Waals surface area contributed by atoms with Crippen molar-refractivity contribution in [1.82, 2.24) is 34.8 Å². The first-order valence-corrected chi connectivity index (χ1v) is 12.5. The van der Waals surface area contributed by atoms with Gasteiger partial charge in [0, 0.05) is 61.0 Å². The van der Waals surface area contributed by atoms with E-state index in [-0.39, 0.29) is 11.5 Å². The minimum absolute atomic E-state index is 0.00568. The van der Waals surface area contributed by atoms with E-state index in [1.807, 2.05) is 43.0 Å². The molecule has 3 atom stereocenters. The van der Waals surface area contributed by atoms with E-state index in [2.05, 4.69) is 57.0 Å². The first-order chi connectivity index (χ1) is 16.8. The van der Waals surface area contributed by atoms with E-state index in [0.717, 1.165) is 66.0 Å². The van der Waals surface area contributed by atoms with Crippen molar-refractivity contribution in [1.29, 1.82) is 0 Å². The van der Waals surface area contributed by atoms with Crippen molar-refractivity contribution in [3.05, 3.63) is 65.2 Å². The Morgan fingerprint density at radius 3 is 2.69 bits per heavy atom. The molecule has 1 spiro atoms. The van der Waals surface area contributed by atoms with Gasteiger partial charge < -0.3 is 5.11 Å². The number of aliphatic hydroxyl groups is 1. The molecule has 35 heavy (non-hydrogen) atoms. The largest absolute Gasteiger partial charge is 0.365 e. The zero-order valence-corrected chi connectivity index (χ0v) is 20.9. The fourth-order valence-electron chi connectivity index (χ4n) is 6.14. The first kappa shape index (κ1) is 22.4. The van der Waals surface area contributed by atoms with Gasteiger partial charge in [0.2, 0.25) is 0 Å². The predicted octanol–water partition coefficient (Wildman–Crippen LogP) is 3.42. The maximum Gasteiger partial charge on any atom is 0.163 e. The minimum atomic E-state index is -0.708.